The Kier molecular flexibility index (Phi) is 3.53. The standard InChI is InChI=1S/C16H19N7/c1-11-9-17-5-4-13(11)18-6-7-19-15-8-14(12-2-3-12)22-23-10-20-21-16(15)23/h4-5,8-10,12,19H,2-3,6-7H2,1H3,(H,17,18). The minimum atomic E-state index is 0.597. The van der Waals surface area contributed by atoms with E-state index in [1.54, 1.807) is 17.0 Å². The van der Waals surface area contributed by atoms with Gasteiger partial charge in [0, 0.05) is 37.1 Å². The van der Waals surface area contributed by atoms with Crippen molar-refractivity contribution in [1.82, 2.24) is 24.8 Å². The Bertz CT molecular complexity index is 822. The Balaban J connectivity index is 1.43. The molecule has 3 aromatic rings. The van der Waals surface area contributed by atoms with E-state index >= 15 is 0 Å². The zero-order valence-corrected chi connectivity index (χ0v) is 13.0. The maximum atomic E-state index is 4.57. The van der Waals surface area contributed by atoms with Crippen molar-refractivity contribution in [3.05, 3.63) is 42.1 Å². The lowest BCUT2D eigenvalue weighted by atomic mass is 10.2. The molecule has 0 amide bonds. The van der Waals surface area contributed by atoms with Gasteiger partial charge in [0.25, 0.3) is 0 Å². The summed E-state index contributed by atoms with van der Waals surface area (Å²) in [5.41, 5.74) is 5.15. The van der Waals surface area contributed by atoms with Crippen LogP contribution in [0.15, 0.2) is 30.9 Å². The molecular weight excluding hydrogens is 290 g/mol. The highest BCUT2D eigenvalue weighted by Gasteiger charge is 2.26. The van der Waals surface area contributed by atoms with Gasteiger partial charge in [0.1, 0.15) is 6.33 Å². The van der Waals surface area contributed by atoms with Gasteiger partial charge in [-0.3, -0.25) is 4.98 Å². The molecule has 3 heterocycles. The van der Waals surface area contributed by atoms with Crippen LogP contribution in [-0.2, 0) is 0 Å². The predicted octanol–water partition coefficient (Wildman–Crippen LogP) is 2.23. The summed E-state index contributed by atoms with van der Waals surface area (Å²) in [6.45, 7) is 3.65. The van der Waals surface area contributed by atoms with E-state index in [4.69, 9.17) is 0 Å². The third-order valence-corrected chi connectivity index (χ3v) is 4.06. The van der Waals surface area contributed by atoms with Crippen LogP contribution < -0.4 is 10.6 Å². The Morgan fingerprint density at radius 1 is 1.22 bits per heavy atom. The SMILES string of the molecule is Cc1cnccc1NCCNc1cc(C2CC2)nn2cnnc12. The summed E-state index contributed by atoms with van der Waals surface area (Å²) in [4.78, 5) is 4.10. The van der Waals surface area contributed by atoms with Gasteiger partial charge < -0.3 is 10.6 Å². The number of pyridine rings is 1. The highest BCUT2D eigenvalue weighted by atomic mass is 15.3. The van der Waals surface area contributed by atoms with E-state index in [9.17, 15) is 0 Å². The highest BCUT2D eigenvalue weighted by molar-refractivity contribution is 5.67. The van der Waals surface area contributed by atoms with E-state index < -0.39 is 0 Å². The molecule has 4 rings (SSSR count). The predicted molar refractivity (Wildman–Crippen MR) is 88.7 cm³/mol. The van der Waals surface area contributed by atoms with Crippen molar-refractivity contribution in [3.63, 3.8) is 0 Å². The number of aromatic nitrogens is 5. The van der Waals surface area contributed by atoms with Gasteiger partial charge in [-0.15, -0.1) is 10.2 Å². The molecule has 0 saturated heterocycles. The molecule has 1 fully saturated rings. The first-order chi connectivity index (χ1) is 11.3. The number of fused-ring (bicyclic) bond motifs is 1. The largest absolute Gasteiger partial charge is 0.383 e. The van der Waals surface area contributed by atoms with Crippen molar-refractivity contribution in [2.75, 3.05) is 23.7 Å². The minimum Gasteiger partial charge on any atom is -0.383 e. The molecule has 0 radical (unpaired) electrons. The third-order valence-electron chi connectivity index (χ3n) is 4.06. The molecule has 0 aromatic carbocycles. The van der Waals surface area contributed by atoms with Crippen molar-refractivity contribution in [2.45, 2.75) is 25.7 Å². The van der Waals surface area contributed by atoms with E-state index in [0.29, 0.717) is 5.92 Å². The van der Waals surface area contributed by atoms with Crippen molar-refractivity contribution >= 4 is 17.0 Å². The van der Waals surface area contributed by atoms with Crippen LogP contribution in [0.1, 0.15) is 30.0 Å². The Labute approximate surface area is 134 Å². The van der Waals surface area contributed by atoms with Gasteiger partial charge in [-0.1, -0.05) is 0 Å². The minimum absolute atomic E-state index is 0.597. The fourth-order valence-corrected chi connectivity index (χ4v) is 2.62. The number of hydrogen-bond acceptors (Lipinski definition) is 6. The number of anilines is 2. The first-order valence-electron chi connectivity index (χ1n) is 7.90. The van der Waals surface area contributed by atoms with Gasteiger partial charge in [-0.2, -0.15) is 9.61 Å². The van der Waals surface area contributed by atoms with Gasteiger partial charge in [-0.25, -0.2) is 0 Å². The smallest absolute Gasteiger partial charge is 0.200 e. The summed E-state index contributed by atoms with van der Waals surface area (Å²) in [5, 5.41) is 19.5. The van der Waals surface area contributed by atoms with Gasteiger partial charge >= 0.3 is 0 Å². The monoisotopic (exact) mass is 309 g/mol. The Morgan fingerprint density at radius 2 is 2.04 bits per heavy atom. The lowest BCUT2D eigenvalue weighted by Gasteiger charge is -2.11. The van der Waals surface area contributed by atoms with Crippen molar-refractivity contribution in [1.29, 1.82) is 0 Å². The lowest BCUT2D eigenvalue weighted by Crippen LogP contribution is -2.15. The molecule has 7 heteroatoms. The van der Waals surface area contributed by atoms with Crippen LogP contribution >= 0.6 is 0 Å². The molecule has 1 saturated carbocycles. The van der Waals surface area contributed by atoms with E-state index in [0.717, 1.165) is 41.4 Å². The molecule has 1 aliphatic carbocycles. The van der Waals surface area contributed by atoms with Crippen LogP contribution in [0, 0.1) is 6.92 Å². The molecule has 23 heavy (non-hydrogen) atoms. The van der Waals surface area contributed by atoms with Crippen LogP contribution in [0.3, 0.4) is 0 Å². The number of hydrogen-bond donors (Lipinski definition) is 2. The van der Waals surface area contributed by atoms with Crippen LogP contribution in [0.5, 0.6) is 0 Å². The van der Waals surface area contributed by atoms with Gasteiger partial charge in [0.05, 0.1) is 11.4 Å². The zero-order valence-electron chi connectivity index (χ0n) is 13.0. The summed E-state index contributed by atoms with van der Waals surface area (Å²) in [6, 6.07) is 4.10. The first kappa shape index (κ1) is 13.9. The summed E-state index contributed by atoms with van der Waals surface area (Å²) < 4.78 is 1.76. The second-order valence-corrected chi connectivity index (χ2v) is 5.90. The van der Waals surface area contributed by atoms with E-state index in [-0.39, 0.29) is 0 Å². The van der Waals surface area contributed by atoms with Crippen LogP contribution in [0.4, 0.5) is 11.4 Å². The second-order valence-electron chi connectivity index (χ2n) is 5.90. The quantitative estimate of drug-likeness (QED) is 0.680. The van der Waals surface area contributed by atoms with Gasteiger partial charge in [0.2, 0.25) is 5.65 Å². The van der Waals surface area contributed by atoms with E-state index in [1.807, 2.05) is 19.2 Å². The van der Waals surface area contributed by atoms with Gasteiger partial charge in [0.15, 0.2) is 0 Å². The average molecular weight is 309 g/mol. The number of nitrogens with zero attached hydrogens (tertiary/aromatic N) is 5. The molecule has 0 spiro atoms. The topological polar surface area (TPSA) is 80.0 Å². The maximum absolute atomic E-state index is 4.57. The third kappa shape index (κ3) is 2.94. The zero-order chi connectivity index (χ0) is 15.6. The Hall–Kier alpha value is -2.70. The number of aryl methyl sites for hydroxylation is 1. The number of rotatable bonds is 6. The van der Waals surface area contributed by atoms with Crippen molar-refractivity contribution in [2.24, 2.45) is 0 Å². The molecule has 118 valence electrons. The van der Waals surface area contributed by atoms with Crippen LogP contribution in [0.25, 0.3) is 5.65 Å². The van der Waals surface area contributed by atoms with Crippen LogP contribution in [0.2, 0.25) is 0 Å². The summed E-state index contributed by atoms with van der Waals surface area (Å²) in [5.74, 6) is 0.597. The normalized spacial score (nSPS) is 14.1. The second kappa shape index (κ2) is 5.83. The molecule has 7 nitrogen and oxygen atoms in total. The van der Waals surface area contributed by atoms with E-state index in [1.165, 1.54) is 12.8 Å². The summed E-state index contributed by atoms with van der Waals surface area (Å²) in [7, 11) is 0. The average Bonchev–Trinajstić information content (AvgIpc) is 3.30. The molecule has 0 unspecified atom stereocenters. The fourth-order valence-electron chi connectivity index (χ4n) is 2.62. The molecule has 0 atom stereocenters. The van der Waals surface area contributed by atoms with Crippen molar-refractivity contribution < 1.29 is 0 Å². The van der Waals surface area contributed by atoms with Crippen LogP contribution in [-0.4, -0.2) is 37.9 Å². The maximum Gasteiger partial charge on any atom is 0.200 e. The molecule has 0 aliphatic heterocycles. The number of nitrogens with one attached hydrogen (secondary N) is 2. The molecule has 0 bridgehead atoms. The first-order valence-corrected chi connectivity index (χ1v) is 7.90. The lowest BCUT2D eigenvalue weighted by molar-refractivity contribution is 0.850. The van der Waals surface area contributed by atoms with E-state index in [2.05, 4.69) is 37.0 Å². The highest BCUT2D eigenvalue weighted by Crippen LogP contribution is 2.39. The molecule has 1 aliphatic rings. The summed E-state index contributed by atoms with van der Waals surface area (Å²) >= 11 is 0. The molecular formula is C16H19N7. The summed E-state index contributed by atoms with van der Waals surface area (Å²) in [6.07, 6.45) is 7.77. The van der Waals surface area contributed by atoms with Gasteiger partial charge in [-0.05, 0) is 37.5 Å². The van der Waals surface area contributed by atoms with Crippen molar-refractivity contribution in [3.8, 4) is 0 Å². The molecule has 3 aromatic heterocycles. The fraction of sp³-hybridized carbons (Fsp3) is 0.375. The Morgan fingerprint density at radius 3 is 2.83 bits per heavy atom. The molecule has 2 N–H and O–H groups in total.